The van der Waals surface area contributed by atoms with Gasteiger partial charge in [0.25, 0.3) is 0 Å². The summed E-state index contributed by atoms with van der Waals surface area (Å²) in [7, 11) is 4.74. The van der Waals surface area contributed by atoms with Crippen LogP contribution in [0.4, 0.5) is 0 Å². The highest BCUT2D eigenvalue weighted by Crippen LogP contribution is 2.33. The number of hydrogen-bond donors (Lipinski definition) is 0. The molecular formula is C19H18O5. The second-order valence-corrected chi connectivity index (χ2v) is 5.26. The topological polar surface area (TPSA) is 54.0 Å². The van der Waals surface area contributed by atoms with Crippen LogP contribution in [0.3, 0.4) is 0 Å². The molecule has 0 amide bonds. The first-order chi connectivity index (χ1) is 11.7. The third-order valence-electron chi connectivity index (χ3n) is 3.88. The van der Waals surface area contributed by atoms with Crippen LogP contribution in [0.2, 0.25) is 0 Å². The molecule has 0 aliphatic carbocycles. The van der Waals surface area contributed by atoms with Crippen LogP contribution in [0, 0.1) is 0 Å². The first-order valence-corrected chi connectivity index (χ1v) is 7.44. The van der Waals surface area contributed by atoms with E-state index in [1.165, 1.54) is 0 Å². The predicted octanol–water partition coefficient (Wildman–Crippen LogP) is 3.37. The molecule has 0 fully saturated rings. The highest BCUT2D eigenvalue weighted by atomic mass is 16.5. The Morgan fingerprint density at radius 2 is 1.67 bits per heavy atom. The van der Waals surface area contributed by atoms with Gasteiger partial charge in [-0.2, -0.15) is 0 Å². The van der Waals surface area contributed by atoms with E-state index in [1.54, 1.807) is 51.7 Å². The fourth-order valence-electron chi connectivity index (χ4n) is 2.57. The zero-order valence-electron chi connectivity index (χ0n) is 13.8. The Labute approximate surface area is 140 Å². The minimum Gasteiger partial charge on any atom is -0.497 e. The monoisotopic (exact) mass is 326 g/mol. The second-order valence-electron chi connectivity index (χ2n) is 5.26. The fourth-order valence-corrected chi connectivity index (χ4v) is 2.57. The zero-order chi connectivity index (χ0) is 17.1. The van der Waals surface area contributed by atoms with Gasteiger partial charge >= 0.3 is 0 Å². The molecule has 3 rings (SSSR count). The number of Topliss-reactive ketones (excluding diaryl/α,β-unsaturated/α-hetero) is 1. The molecule has 24 heavy (non-hydrogen) atoms. The third kappa shape index (κ3) is 2.93. The van der Waals surface area contributed by atoms with Crippen LogP contribution in [0.1, 0.15) is 15.9 Å². The van der Waals surface area contributed by atoms with E-state index >= 15 is 0 Å². The van der Waals surface area contributed by atoms with Crippen molar-refractivity contribution in [2.45, 2.75) is 0 Å². The molecular weight excluding hydrogens is 308 g/mol. The number of rotatable bonds is 4. The Balaban J connectivity index is 1.98. The SMILES string of the molecule is COc1ccc(/C=C2/COc3ccc(OC)cc3C2=O)c(OC)c1. The lowest BCUT2D eigenvalue weighted by atomic mass is 9.98. The van der Waals surface area contributed by atoms with Crippen LogP contribution in [0.25, 0.3) is 6.08 Å². The Morgan fingerprint density at radius 3 is 2.38 bits per heavy atom. The smallest absolute Gasteiger partial charge is 0.196 e. The van der Waals surface area contributed by atoms with Crippen molar-refractivity contribution in [1.29, 1.82) is 0 Å². The highest BCUT2D eigenvalue weighted by Gasteiger charge is 2.24. The Morgan fingerprint density at radius 1 is 0.958 bits per heavy atom. The van der Waals surface area contributed by atoms with Crippen LogP contribution in [-0.2, 0) is 0 Å². The van der Waals surface area contributed by atoms with Gasteiger partial charge in [-0.25, -0.2) is 0 Å². The summed E-state index contributed by atoms with van der Waals surface area (Å²) in [6.45, 7) is 0.216. The van der Waals surface area contributed by atoms with Crippen molar-refractivity contribution in [3.8, 4) is 23.0 Å². The molecule has 124 valence electrons. The normalized spacial score (nSPS) is 14.8. The lowest BCUT2D eigenvalue weighted by Crippen LogP contribution is -2.19. The van der Waals surface area contributed by atoms with E-state index in [4.69, 9.17) is 18.9 Å². The van der Waals surface area contributed by atoms with Gasteiger partial charge in [0.2, 0.25) is 0 Å². The van der Waals surface area contributed by atoms with Gasteiger partial charge in [0.05, 0.1) is 26.9 Å². The summed E-state index contributed by atoms with van der Waals surface area (Å²) < 4.78 is 21.4. The van der Waals surface area contributed by atoms with E-state index in [-0.39, 0.29) is 12.4 Å². The first kappa shape index (κ1) is 15.9. The van der Waals surface area contributed by atoms with Gasteiger partial charge in [-0.15, -0.1) is 0 Å². The summed E-state index contributed by atoms with van der Waals surface area (Å²) in [6, 6.07) is 10.6. The molecule has 0 atom stereocenters. The maximum Gasteiger partial charge on any atom is 0.196 e. The number of methoxy groups -OCH3 is 3. The van der Waals surface area contributed by atoms with E-state index in [1.807, 2.05) is 12.1 Å². The first-order valence-electron chi connectivity index (χ1n) is 7.44. The van der Waals surface area contributed by atoms with Crippen molar-refractivity contribution in [2.75, 3.05) is 27.9 Å². The Bertz CT molecular complexity index is 807. The van der Waals surface area contributed by atoms with Crippen molar-refractivity contribution in [2.24, 2.45) is 0 Å². The number of ether oxygens (including phenoxy) is 4. The number of fused-ring (bicyclic) bond motifs is 1. The molecule has 0 spiro atoms. The van der Waals surface area contributed by atoms with E-state index in [0.29, 0.717) is 34.1 Å². The summed E-state index contributed by atoms with van der Waals surface area (Å²) in [5, 5.41) is 0. The lowest BCUT2D eigenvalue weighted by molar-refractivity contribution is 0.100. The van der Waals surface area contributed by atoms with Crippen LogP contribution in [0.15, 0.2) is 42.0 Å². The average Bonchev–Trinajstić information content (AvgIpc) is 2.64. The minimum atomic E-state index is -0.0759. The van der Waals surface area contributed by atoms with Crippen LogP contribution < -0.4 is 18.9 Å². The van der Waals surface area contributed by atoms with E-state index in [0.717, 1.165) is 5.56 Å². The Kier molecular flexibility index (Phi) is 4.42. The molecule has 0 unspecified atom stereocenters. The molecule has 5 heteroatoms. The molecule has 5 nitrogen and oxygen atoms in total. The molecule has 1 aliphatic rings. The maximum absolute atomic E-state index is 12.7. The maximum atomic E-state index is 12.7. The summed E-state index contributed by atoms with van der Waals surface area (Å²) in [4.78, 5) is 12.7. The molecule has 0 saturated heterocycles. The number of carbonyl (C=O) groups is 1. The van der Waals surface area contributed by atoms with Gasteiger partial charge in [-0.1, -0.05) is 0 Å². The molecule has 0 bridgehead atoms. The molecule has 0 N–H and O–H groups in total. The van der Waals surface area contributed by atoms with Gasteiger partial charge in [-0.05, 0) is 36.4 Å². The third-order valence-corrected chi connectivity index (χ3v) is 3.88. The van der Waals surface area contributed by atoms with E-state index < -0.39 is 0 Å². The average molecular weight is 326 g/mol. The fraction of sp³-hybridized carbons (Fsp3) is 0.211. The molecule has 1 aliphatic heterocycles. The van der Waals surface area contributed by atoms with Crippen LogP contribution >= 0.6 is 0 Å². The number of hydrogen-bond acceptors (Lipinski definition) is 5. The molecule has 2 aromatic carbocycles. The largest absolute Gasteiger partial charge is 0.497 e. The Hall–Kier alpha value is -2.95. The van der Waals surface area contributed by atoms with Gasteiger partial charge in [-0.3, -0.25) is 4.79 Å². The highest BCUT2D eigenvalue weighted by molar-refractivity contribution is 6.14. The minimum absolute atomic E-state index is 0.0759. The summed E-state index contributed by atoms with van der Waals surface area (Å²) >= 11 is 0. The predicted molar refractivity (Wildman–Crippen MR) is 90.3 cm³/mol. The molecule has 1 heterocycles. The molecule has 0 saturated carbocycles. The number of carbonyl (C=O) groups excluding carboxylic acids is 1. The number of ketones is 1. The van der Waals surface area contributed by atoms with Gasteiger partial charge in [0.15, 0.2) is 5.78 Å². The molecule has 0 aromatic heterocycles. The summed E-state index contributed by atoms with van der Waals surface area (Å²) in [5.74, 6) is 2.43. The van der Waals surface area contributed by atoms with Gasteiger partial charge < -0.3 is 18.9 Å². The van der Waals surface area contributed by atoms with Crippen molar-refractivity contribution in [3.63, 3.8) is 0 Å². The van der Waals surface area contributed by atoms with Crippen molar-refractivity contribution in [3.05, 3.63) is 53.1 Å². The van der Waals surface area contributed by atoms with E-state index in [9.17, 15) is 4.79 Å². The molecule has 0 radical (unpaired) electrons. The summed E-state index contributed by atoms with van der Waals surface area (Å²) in [5.41, 5.74) is 1.84. The van der Waals surface area contributed by atoms with Gasteiger partial charge in [0.1, 0.15) is 29.6 Å². The van der Waals surface area contributed by atoms with Crippen molar-refractivity contribution < 1.29 is 23.7 Å². The quantitative estimate of drug-likeness (QED) is 0.806. The standard InChI is InChI=1S/C19H18O5/c1-21-14-6-7-17-16(9-14)19(20)13(11-24-17)8-12-4-5-15(22-2)10-18(12)23-3/h4-10H,11H2,1-3H3/b13-8-. The zero-order valence-corrected chi connectivity index (χ0v) is 13.8. The van der Waals surface area contributed by atoms with Crippen LogP contribution in [-0.4, -0.2) is 33.7 Å². The second kappa shape index (κ2) is 6.66. The van der Waals surface area contributed by atoms with Crippen molar-refractivity contribution in [1.82, 2.24) is 0 Å². The lowest BCUT2D eigenvalue weighted by Gasteiger charge is -2.19. The van der Waals surface area contributed by atoms with Crippen molar-refractivity contribution >= 4 is 11.9 Å². The summed E-state index contributed by atoms with van der Waals surface area (Å²) in [6.07, 6.45) is 1.78. The van der Waals surface area contributed by atoms with Crippen LogP contribution in [0.5, 0.6) is 23.0 Å². The number of benzene rings is 2. The molecule has 2 aromatic rings. The van der Waals surface area contributed by atoms with Gasteiger partial charge in [0, 0.05) is 17.2 Å². The van der Waals surface area contributed by atoms with E-state index in [2.05, 4.69) is 0 Å².